The average Bonchev–Trinajstić information content (AvgIpc) is 3.16. The Morgan fingerprint density at radius 1 is 1.07 bits per heavy atom. The van der Waals surface area contributed by atoms with E-state index in [1.54, 1.807) is 12.1 Å². The molecule has 152 valence electrons. The Bertz CT molecular complexity index is 1020. The molecule has 4 rings (SSSR count). The Kier molecular flexibility index (Phi) is 5.01. The molecule has 2 aromatic carbocycles. The molecule has 2 aliphatic heterocycles. The summed E-state index contributed by atoms with van der Waals surface area (Å²) in [5, 5.41) is 2.79. The summed E-state index contributed by atoms with van der Waals surface area (Å²) in [7, 11) is -2.40. The third-order valence-electron chi connectivity index (χ3n) is 5.27. The van der Waals surface area contributed by atoms with Gasteiger partial charge in [-0.15, -0.1) is 0 Å². The molecular weight excluding hydrogens is 394 g/mol. The molecule has 8 nitrogen and oxygen atoms in total. The predicted molar refractivity (Wildman–Crippen MR) is 105 cm³/mol. The molecule has 2 heterocycles. The van der Waals surface area contributed by atoms with Gasteiger partial charge in [0.1, 0.15) is 11.8 Å². The van der Waals surface area contributed by atoms with E-state index in [0.717, 1.165) is 10.5 Å². The number of rotatable bonds is 5. The maximum Gasteiger partial charge on any atom is 0.324 e. The minimum Gasteiger partial charge on any atom is -0.497 e. The zero-order chi connectivity index (χ0) is 20.6. The van der Waals surface area contributed by atoms with E-state index in [1.165, 1.54) is 23.5 Å². The van der Waals surface area contributed by atoms with Crippen LogP contribution in [0.2, 0.25) is 0 Å². The molecule has 0 unspecified atom stereocenters. The van der Waals surface area contributed by atoms with Crippen LogP contribution in [0.1, 0.15) is 12.0 Å². The van der Waals surface area contributed by atoms with E-state index in [2.05, 4.69) is 5.32 Å². The van der Waals surface area contributed by atoms with Crippen LogP contribution in [0.25, 0.3) is 0 Å². The van der Waals surface area contributed by atoms with Crippen LogP contribution in [-0.2, 0) is 21.4 Å². The first-order valence-electron chi connectivity index (χ1n) is 9.23. The summed E-state index contributed by atoms with van der Waals surface area (Å²) in [5.41, 5.74) is 0.789. The number of methoxy groups -OCH3 is 1. The third kappa shape index (κ3) is 3.47. The van der Waals surface area contributed by atoms with E-state index in [9.17, 15) is 18.0 Å². The highest BCUT2D eigenvalue weighted by Crippen LogP contribution is 2.31. The summed E-state index contributed by atoms with van der Waals surface area (Å²) in [6.07, 6.45) is 0.386. The Morgan fingerprint density at radius 3 is 2.41 bits per heavy atom. The zero-order valence-electron chi connectivity index (χ0n) is 15.8. The van der Waals surface area contributed by atoms with Crippen LogP contribution in [0.4, 0.5) is 4.79 Å². The van der Waals surface area contributed by atoms with Gasteiger partial charge in [0.15, 0.2) is 0 Å². The molecular formula is C20H21N3O5S. The molecule has 2 atom stereocenters. The second kappa shape index (κ2) is 7.49. The van der Waals surface area contributed by atoms with Gasteiger partial charge in [-0.2, -0.15) is 4.31 Å². The monoisotopic (exact) mass is 415 g/mol. The fourth-order valence-corrected chi connectivity index (χ4v) is 5.41. The minimum atomic E-state index is -3.90. The number of urea groups is 1. The van der Waals surface area contributed by atoms with Gasteiger partial charge in [-0.3, -0.25) is 9.69 Å². The number of nitrogens with one attached hydrogen (secondary N) is 1. The van der Waals surface area contributed by atoms with Gasteiger partial charge in [0.2, 0.25) is 10.0 Å². The molecule has 2 aromatic rings. The summed E-state index contributed by atoms with van der Waals surface area (Å²) < 4.78 is 32.6. The fourth-order valence-electron chi connectivity index (χ4n) is 3.78. The van der Waals surface area contributed by atoms with Crippen molar-refractivity contribution < 1.29 is 22.7 Å². The SMILES string of the molecule is COc1ccc(S(=O)(=O)N2CC[C@H]3NC(=O)N(Cc4ccccc4)C(=O)[C@H]32)cc1. The molecule has 0 aromatic heterocycles. The number of carbonyl (C=O) groups is 2. The van der Waals surface area contributed by atoms with Gasteiger partial charge in [0.05, 0.1) is 24.6 Å². The fraction of sp³-hybridized carbons (Fsp3) is 0.300. The number of nitrogens with zero attached hydrogens (tertiary/aromatic N) is 2. The van der Waals surface area contributed by atoms with Crippen molar-refractivity contribution >= 4 is 22.0 Å². The largest absolute Gasteiger partial charge is 0.497 e. The van der Waals surface area contributed by atoms with Gasteiger partial charge < -0.3 is 10.1 Å². The number of amides is 3. The van der Waals surface area contributed by atoms with Crippen molar-refractivity contribution in [1.29, 1.82) is 0 Å². The van der Waals surface area contributed by atoms with Crippen LogP contribution in [0.3, 0.4) is 0 Å². The number of hydrogen-bond donors (Lipinski definition) is 1. The summed E-state index contributed by atoms with van der Waals surface area (Å²) >= 11 is 0. The van der Waals surface area contributed by atoms with Gasteiger partial charge in [-0.25, -0.2) is 13.2 Å². The van der Waals surface area contributed by atoms with Gasteiger partial charge in [-0.05, 0) is 36.2 Å². The first-order valence-corrected chi connectivity index (χ1v) is 10.7. The van der Waals surface area contributed by atoms with Crippen molar-refractivity contribution in [2.45, 2.75) is 29.9 Å². The van der Waals surface area contributed by atoms with Crippen molar-refractivity contribution in [2.24, 2.45) is 0 Å². The smallest absolute Gasteiger partial charge is 0.324 e. The molecule has 0 saturated carbocycles. The normalized spacial score (nSPS) is 22.3. The van der Waals surface area contributed by atoms with Crippen LogP contribution in [0.5, 0.6) is 5.75 Å². The molecule has 2 aliphatic rings. The third-order valence-corrected chi connectivity index (χ3v) is 7.17. The van der Waals surface area contributed by atoms with Gasteiger partial charge in [0, 0.05) is 6.54 Å². The highest BCUT2D eigenvalue weighted by atomic mass is 32.2. The van der Waals surface area contributed by atoms with Crippen LogP contribution in [0, 0.1) is 0 Å². The van der Waals surface area contributed by atoms with Crippen LogP contribution in [-0.4, -0.2) is 55.3 Å². The maximum absolute atomic E-state index is 13.2. The number of hydrogen-bond acceptors (Lipinski definition) is 5. The summed E-state index contributed by atoms with van der Waals surface area (Å²) in [4.78, 5) is 26.8. The van der Waals surface area contributed by atoms with Crippen molar-refractivity contribution in [3.63, 3.8) is 0 Å². The van der Waals surface area contributed by atoms with E-state index in [-0.39, 0.29) is 18.0 Å². The number of fused-ring (bicyclic) bond motifs is 1. The molecule has 0 bridgehead atoms. The lowest BCUT2D eigenvalue weighted by molar-refractivity contribution is -0.134. The molecule has 0 spiro atoms. The number of imide groups is 1. The Labute approximate surface area is 169 Å². The summed E-state index contributed by atoms with van der Waals surface area (Å²) in [5.74, 6) is 0.0375. The van der Waals surface area contributed by atoms with Crippen molar-refractivity contribution in [3.8, 4) is 5.75 Å². The average molecular weight is 415 g/mol. The number of sulfonamides is 1. The minimum absolute atomic E-state index is 0.0817. The highest BCUT2D eigenvalue weighted by Gasteiger charge is 2.51. The maximum atomic E-state index is 13.2. The molecule has 9 heteroatoms. The Morgan fingerprint density at radius 2 is 1.76 bits per heavy atom. The van der Waals surface area contributed by atoms with Gasteiger partial charge in [0.25, 0.3) is 5.91 Å². The van der Waals surface area contributed by atoms with E-state index in [4.69, 9.17) is 4.74 Å². The molecule has 2 saturated heterocycles. The molecule has 2 fully saturated rings. The second-order valence-corrected chi connectivity index (χ2v) is 8.88. The van der Waals surface area contributed by atoms with Crippen molar-refractivity contribution in [3.05, 3.63) is 60.2 Å². The predicted octanol–water partition coefficient (Wildman–Crippen LogP) is 1.58. The Balaban J connectivity index is 1.62. The Hall–Kier alpha value is -2.91. The molecule has 0 aliphatic carbocycles. The molecule has 29 heavy (non-hydrogen) atoms. The number of benzene rings is 2. The summed E-state index contributed by atoms with van der Waals surface area (Å²) in [6.45, 7) is 0.250. The van der Waals surface area contributed by atoms with Gasteiger partial charge in [-0.1, -0.05) is 30.3 Å². The van der Waals surface area contributed by atoms with Crippen LogP contribution < -0.4 is 10.1 Å². The molecule has 3 amide bonds. The van der Waals surface area contributed by atoms with Crippen molar-refractivity contribution in [2.75, 3.05) is 13.7 Å². The van der Waals surface area contributed by atoms with Crippen LogP contribution >= 0.6 is 0 Å². The number of carbonyl (C=O) groups excluding carboxylic acids is 2. The lowest BCUT2D eigenvalue weighted by atomic mass is 10.1. The van der Waals surface area contributed by atoms with E-state index in [0.29, 0.717) is 12.2 Å². The number of ether oxygens (including phenoxy) is 1. The summed E-state index contributed by atoms with van der Waals surface area (Å²) in [6, 6.07) is 13.2. The molecule has 1 N–H and O–H groups in total. The quantitative estimate of drug-likeness (QED) is 0.800. The lowest BCUT2D eigenvalue weighted by Gasteiger charge is -2.36. The molecule has 0 radical (unpaired) electrons. The van der Waals surface area contributed by atoms with E-state index < -0.39 is 34.0 Å². The first kappa shape index (κ1) is 19.4. The first-order chi connectivity index (χ1) is 13.9. The lowest BCUT2D eigenvalue weighted by Crippen LogP contribution is -2.64. The standard InChI is InChI=1S/C20H21N3O5S/c1-28-15-7-9-16(10-8-15)29(26,27)23-12-11-17-18(23)19(24)22(20(25)21-17)13-14-5-3-2-4-6-14/h2-10,17-18H,11-13H2,1H3,(H,21,25)/t17-,18+/m1/s1. The van der Waals surface area contributed by atoms with Crippen molar-refractivity contribution in [1.82, 2.24) is 14.5 Å². The zero-order valence-corrected chi connectivity index (χ0v) is 16.6. The van der Waals surface area contributed by atoms with E-state index in [1.807, 2.05) is 30.3 Å². The van der Waals surface area contributed by atoms with Crippen LogP contribution in [0.15, 0.2) is 59.5 Å². The van der Waals surface area contributed by atoms with Gasteiger partial charge >= 0.3 is 6.03 Å². The second-order valence-electron chi connectivity index (χ2n) is 6.99. The van der Waals surface area contributed by atoms with E-state index >= 15 is 0 Å². The topological polar surface area (TPSA) is 96.0 Å². The highest BCUT2D eigenvalue weighted by molar-refractivity contribution is 7.89.